The number of carbonyl (C=O) groups excluding carboxylic acids is 3. The number of hydrogen-bond acceptors (Lipinski definition) is 24. The predicted molar refractivity (Wildman–Crippen MR) is 476 cm³/mol. The molecule has 3 amide bonds. The number of ether oxygens (including phenoxy) is 3. The Kier molecular flexibility index (Phi) is 29.0. The Labute approximate surface area is 746 Å². The summed E-state index contributed by atoms with van der Waals surface area (Å²) in [5.74, 6) is -3.24. The summed E-state index contributed by atoms with van der Waals surface area (Å²) in [4.78, 5) is 86.6. The van der Waals surface area contributed by atoms with E-state index in [0.29, 0.717) is 150 Å². The van der Waals surface area contributed by atoms with Crippen molar-refractivity contribution in [2.45, 2.75) is 135 Å². The van der Waals surface area contributed by atoms with Crippen LogP contribution in [0, 0.1) is 17.5 Å². The van der Waals surface area contributed by atoms with Crippen molar-refractivity contribution >= 4 is 69.7 Å². The quantitative estimate of drug-likeness (QED) is 0.0600. The number of alkyl halides is 9. The van der Waals surface area contributed by atoms with Crippen molar-refractivity contribution in [2.24, 2.45) is 0 Å². The zero-order chi connectivity index (χ0) is 94.0. The molecular weight excluding hydrogens is 1710 g/mol. The molecule has 12 heterocycles. The topological polar surface area (TPSA) is 249 Å². The second kappa shape index (κ2) is 39.4. The average Bonchev–Trinajstić information content (AvgIpc) is 0.776. The van der Waals surface area contributed by atoms with Gasteiger partial charge in [0, 0.05) is 229 Å². The summed E-state index contributed by atoms with van der Waals surface area (Å²) >= 11 is 0. The Balaban J connectivity index is 0.000000166. The van der Waals surface area contributed by atoms with Crippen LogP contribution in [0.25, 0.3) is 33.4 Å². The number of allylic oxidation sites excluding steroid dienone is 3. The van der Waals surface area contributed by atoms with Crippen LogP contribution in [0.15, 0.2) is 181 Å². The number of benzene rings is 3. The molecule has 9 aliphatic heterocycles. The summed E-state index contributed by atoms with van der Waals surface area (Å²) in [5, 5.41) is 13.1. The lowest BCUT2D eigenvalue weighted by Gasteiger charge is -2.44. The minimum absolute atomic E-state index is 0.000678. The van der Waals surface area contributed by atoms with Crippen LogP contribution in [0.2, 0.25) is 0 Å². The molecule has 27 nitrogen and oxygen atoms in total. The number of nitrogens with one attached hydrogen (secondary N) is 5. The summed E-state index contributed by atoms with van der Waals surface area (Å²) in [5.41, 5.74) is -2.02. The summed E-state index contributed by atoms with van der Waals surface area (Å²) in [7, 11) is 7.50. The van der Waals surface area contributed by atoms with Gasteiger partial charge in [-0.05, 0) is 138 Å². The number of halogens is 12. The fourth-order valence-electron chi connectivity index (χ4n) is 16.8. The van der Waals surface area contributed by atoms with Gasteiger partial charge in [-0.15, -0.1) is 0 Å². The summed E-state index contributed by atoms with van der Waals surface area (Å²) in [6.07, 6.45) is 0.0801. The third-order valence-corrected chi connectivity index (χ3v) is 24.3. The highest BCUT2D eigenvalue weighted by molar-refractivity contribution is 6.11. The second-order valence-electron chi connectivity index (χ2n) is 34.2. The molecule has 0 bridgehead atoms. The normalized spacial score (nSPS) is 23.4. The van der Waals surface area contributed by atoms with E-state index in [1.165, 1.54) is 85.5 Å². The number of morpholine rings is 3. The molecule has 696 valence electrons. The first-order valence-corrected chi connectivity index (χ1v) is 42.6. The first-order chi connectivity index (χ1) is 61.3. The standard InChI is InChI=1S/C31H37F4N7O2.2C30H35F4N7O2/c1-17-7-25(31(33,34)35)24(12-36-17)29(43)39-27-8-23(26(32)9-28(27)41-13-18(2)40(6)19(3)14-41)22-10-37-30(38-11-22)42-15-20(4)44-21(5)16-42;1-18-10-24(30(32,33)34)23(17-38(18)4)28(42)37-26-11-22(21-13-35-29(36-14-21)40-6-8-43-9-7-40)25(31)12-27(26)41-15-19(2)39(5)20(3)16-41;1-17-8-24(30(32,33)34)23(13-35-17)28(42)38-26-9-22(25(31)10-27(26)40-7-6-39(5)18(2)14-40)21-11-36-29(37-12-21)41-15-19(3)43-20(4)16-41/h7-12,18-21,36H,1,13-16H2,2-6H3,(H,39,43);10-14,17,19-20H,1,6-9,15-16H2,2-5H3,(H,37,42);8-13,18-20,35H,1,6-7,14-16H2,2-5H3,(H,38,42)/t18-,19+,20-,21+;19-,20+;18-,19-,20+/m..0/s1. The highest BCUT2D eigenvalue weighted by atomic mass is 19.4. The Hall–Kier alpha value is -11.9. The Morgan fingerprint density at radius 2 is 0.715 bits per heavy atom. The second-order valence-corrected chi connectivity index (χ2v) is 34.2. The molecule has 15 rings (SSSR count). The highest BCUT2D eigenvalue weighted by Gasteiger charge is 2.45. The van der Waals surface area contributed by atoms with Crippen LogP contribution < -0.4 is 56.0 Å². The van der Waals surface area contributed by atoms with Gasteiger partial charge in [0.1, 0.15) is 17.5 Å². The summed E-state index contributed by atoms with van der Waals surface area (Å²) in [6, 6.07) is 8.77. The minimum atomic E-state index is -4.79. The average molecular weight is 1820 g/mol. The maximum Gasteiger partial charge on any atom is 0.417 e. The number of likely N-dealkylation sites (N-methyl/N-ethyl adjacent to an activating group) is 4. The monoisotopic (exact) mass is 1820 g/mol. The fourth-order valence-corrected chi connectivity index (χ4v) is 16.8. The molecule has 0 radical (unpaired) electrons. The number of hydrogen-bond donors (Lipinski definition) is 5. The van der Waals surface area contributed by atoms with Crippen LogP contribution in [0.4, 0.5) is 105 Å². The van der Waals surface area contributed by atoms with Crippen molar-refractivity contribution in [1.82, 2.24) is 60.1 Å². The number of piperazine rings is 3. The van der Waals surface area contributed by atoms with Crippen molar-refractivity contribution in [2.75, 3.05) is 172 Å². The summed E-state index contributed by atoms with van der Waals surface area (Å²) < 4.78 is 189. The first-order valence-electron chi connectivity index (χ1n) is 42.6. The van der Waals surface area contributed by atoms with Gasteiger partial charge in [-0.3, -0.25) is 24.2 Å². The van der Waals surface area contributed by atoms with Crippen molar-refractivity contribution < 1.29 is 81.3 Å². The van der Waals surface area contributed by atoms with Crippen LogP contribution >= 0.6 is 0 Å². The number of rotatable bonds is 15. The maximum atomic E-state index is 15.8. The van der Waals surface area contributed by atoms with Gasteiger partial charge < -0.3 is 80.0 Å². The number of anilines is 9. The van der Waals surface area contributed by atoms with E-state index in [9.17, 15) is 53.9 Å². The van der Waals surface area contributed by atoms with Crippen LogP contribution in [0.1, 0.15) is 62.3 Å². The van der Waals surface area contributed by atoms with Crippen molar-refractivity contribution in [3.8, 4) is 33.4 Å². The minimum Gasteiger partial charge on any atom is -0.378 e. The van der Waals surface area contributed by atoms with E-state index >= 15 is 13.2 Å². The van der Waals surface area contributed by atoms with Crippen molar-refractivity contribution in [3.05, 3.63) is 198 Å². The SMILES string of the molecule is C=C1C=C(C(F)(F)F)C(C(=O)Nc2cc(-c3cnc(N4CCOCC4)nc3)c(F)cc2N2C[C@@H](C)N(C)[C@@H](C)C2)=CN1C.C=C1C=C(C(F)(F)F)C(C(=O)Nc2cc(-c3cnc(N4C[C@@H](C)O[C@@H](C)C4)nc3)c(F)cc2N2CCN(C)[C@@H](C)C2)=CN1.C=C1C=C(C(F)(F)F)C(C(=O)Nc2cc(-c3cnc(N4C[C@@H](C)O[C@@H](C)C4)nc3)c(F)cc2N2C[C@@H](C)N(C)[C@@H](C)C2)=CN1. The van der Waals surface area contributed by atoms with E-state index in [2.05, 4.69) is 90.9 Å². The molecule has 0 spiro atoms. The van der Waals surface area contributed by atoms with Crippen LogP contribution in [-0.4, -0.2) is 267 Å². The zero-order valence-corrected chi connectivity index (χ0v) is 74.5. The molecular formula is C91H107F12N21O6. The molecule has 6 saturated heterocycles. The largest absolute Gasteiger partial charge is 0.417 e. The van der Waals surface area contributed by atoms with Gasteiger partial charge in [0.15, 0.2) is 0 Å². The van der Waals surface area contributed by atoms with E-state index in [4.69, 9.17) is 14.2 Å². The van der Waals surface area contributed by atoms with Crippen LogP contribution in [0.3, 0.4) is 0 Å². The van der Waals surface area contributed by atoms with Crippen molar-refractivity contribution in [3.63, 3.8) is 0 Å². The number of dihydropyridines is 2. The maximum absolute atomic E-state index is 15.8. The molecule has 6 aromatic rings. The lowest BCUT2D eigenvalue weighted by molar-refractivity contribution is -0.115. The predicted octanol–water partition coefficient (Wildman–Crippen LogP) is 13.7. The first kappa shape index (κ1) is 95.7. The third-order valence-electron chi connectivity index (χ3n) is 24.3. The number of nitrogens with zero attached hydrogens (tertiary/aromatic N) is 16. The zero-order valence-electron chi connectivity index (χ0n) is 74.5. The Bertz CT molecular complexity index is 5400. The van der Waals surface area contributed by atoms with Crippen molar-refractivity contribution in [1.29, 1.82) is 0 Å². The third kappa shape index (κ3) is 22.2. The van der Waals surface area contributed by atoms with Gasteiger partial charge in [0.25, 0.3) is 17.7 Å². The van der Waals surface area contributed by atoms with E-state index in [1.807, 2.05) is 113 Å². The van der Waals surface area contributed by atoms with E-state index in [1.54, 1.807) is 0 Å². The molecule has 39 heteroatoms. The molecule has 3 aromatic carbocycles. The summed E-state index contributed by atoms with van der Waals surface area (Å²) in [6.45, 7) is 37.3. The molecule has 9 atom stereocenters. The molecule has 3 aromatic heterocycles. The highest BCUT2D eigenvalue weighted by Crippen LogP contribution is 2.44. The number of amides is 3. The Morgan fingerprint density at radius 3 is 1.05 bits per heavy atom. The van der Waals surface area contributed by atoms with E-state index in [0.717, 1.165) is 36.8 Å². The molecule has 0 unspecified atom stereocenters. The van der Waals surface area contributed by atoms with Gasteiger partial charge >= 0.3 is 18.5 Å². The van der Waals surface area contributed by atoms with Crippen LogP contribution in [-0.2, 0) is 28.6 Å². The molecule has 9 aliphatic rings. The lowest BCUT2D eigenvalue weighted by atomic mass is 10.00. The fraction of sp³-hybridized carbons (Fsp3) is 0.440. The van der Waals surface area contributed by atoms with Gasteiger partial charge in [-0.25, -0.2) is 43.1 Å². The molecule has 0 aliphatic carbocycles. The van der Waals surface area contributed by atoms with Gasteiger partial charge in [-0.2, -0.15) is 39.5 Å². The van der Waals surface area contributed by atoms with Gasteiger partial charge in [0.2, 0.25) is 17.8 Å². The number of aromatic nitrogens is 6. The van der Waals surface area contributed by atoms with Crippen LogP contribution in [0.5, 0.6) is 0 Å². The van der Waals surface area contributed by atoms with E-state index in [-0.39, 0.29) is 105 Å². The molecule has 6 fully saturated rings. The molecule has 130 heavy (non-hydrogen) atoms. The molecule has 0 saturated carbocycles. The van der Waals surface area contributed by atoms with Gasteiger partial charge in [0.05, 0.1) is 105 Å². The smallest absolute Gasteiger partial charge is 0.378 e. The number of carbonyl (C=O) groups is 3. The Morgan fingerprint density at radius 1 is 0.400 bits per heavy atom. The molecule has 5 N–H and O–H groups in total. The van der Waals surface area contributed by atoms with E-state index < -0.39 is 87.1 Å². The van der Waals surface area contributed by atoms with Gasteiger partial charge in [-0.1, -0.05) is 19.7 Å². The lowest BCUT2D eigenvalue weighted by Crippen LogP contribution is -2.55.